The summed E-state index contributed by atoms with van der Waals surface area (Å²) in [7, 11) is 0. The molecule has 0 fully saturated rings. The van der Waals surface area contributed by atoms with Gasteiger partial charge in [0.05, 0.1) is 0 Å². The van der Waals surface area contributed by atoms with Gasteiger partial charge in [0.25, 0.3) is 0 Å². The van der Waals surface area contributed by atoms with Crippen LogP contribution >= 0.6 is 0 Å². The van der Waals surface area contributed by atoms with Gasteiger partial charge in [-0.25, -0.2) is 0 Å². The van der Waals surface area contributed by atoms with Crippen LogP contribution in [0.15, 0.2) is 24.3 Å². The second kappa shape index (κ2) is 39.7. The van der Waals surface area contributed by atoms with Crippen LogP contribution in [0.25, 0.3) is 0 Å². The summed E-state index contributed by atoms with van der Waals surface area (Å²) in [6.07, 6.45) is 41.6. The third-order valence-corrected chi connectivity index (χ3v) is 9.21. The van der Waals surface area contributed by atoms with Crippen molar-refractivity contribution in [1.82, 2.24) is 0 Å². The number of esters is 3. The molecule has 0 aliphatic carbocycles. The molecule has 0 saturated carbocycles. The van der Waals surface area contributed by atoms with E-state index in [0.29, 0.717) is 19.3 Å². The maximum atomic E-state index is 12.6. The van der Waals surface area contributed by atoms with Gasteiger partial charge in [0, 0.05) is 19.3 Å². The molecule has 0 rings (SSSR count). The van der Waals surface area contributed by atoms with E-state index in [9.17, 15) is 14.4 Å². The molecule has 0 heterocycles. The van der Waals surface area contributed by atoms with Crippen molar-refractivity contribution in [2.45, 2.75) is 226 Å². The van der Waals surface area contributed by atoms with E-state index in [1.807, 2.05) is 0 Å². The first kappa shape index (κ1) is 47.9. The SMILES string of the molecule is CCCC/C=C\C/C=C\CCCCCCCC(=O)OCC(COC(=O)CCCCCCCCCCC)OC(=O)CCCCCCCCCCC. The molecule has 0 aromatic heterocycles. The van der Waals surface area contributed by atoms with E-state index < -0.39 is 6.10 Å². The van der Waals surface area contributed by atoms with Crippen molar-refractivity contribution in [2.75, 3.05) is 13.2 Å². The Kier molecular flexibility index (Phi) is 38.0. The number of carbonyl (C=O) groups excluding carboxylic acids is 3. The Morgan fingerprint density at radius 3 is 1.16 bits per heavy atom. The van der Waals surface area contributed by atoms with Crippen molar-refractivity contribution in [3.63, 3.8) is 0 Å². The second-order valence-corrected chi connectivity index (χ2v) is 14.3. The lowest BCUT2D eigenvalue weighted by Gasteiger charge is -2.18. The normalized spacial score (nSPS) is 12.1. The summed E-state index contributed by atoms with van der Waals surface area (Å²) in [6, 6.07) is 0. The van der Waals surface area contributed by atoms with Crippen LogP contribution in [0.2, 0.25) is 0 Å². The Balaban J connectivity index is 4.34. The van der Waals surface area contributed by atoms with Crippen molar-refractivity contribution in [2.24, 2.45) is 0 Å². The number of allylic oxidation sites excluding steroid dienone is 4. The predicted octanol–water partition coefficient (Wildman–Crippen LogP) is 13.2. The van der Waals surface area contributed by atoms with Crippen LogP contribution < -0.4 is 0 Å². The molecular weight excluding hydrogens is 624 g/mol. The largest absolute Gasteiger partial charge is 0.462 e. The Bertz CT molecular complexity index is 819. The van der Waals surface area contributed by atoms with Crippen molar-refractivity contribution < 1.29 is 28.6 Å². The molecule has 6 nitrogen and oxygen atoms in total. The second-order valence-electron chi connectivity index (χ2n) is 14.3. The lowest BCUT2D eigenvalue weighted by atomic mass is 10.1. The molecule has 0 aliphatic rings. The molecule has 1 unspecified atom stereocenters. The minimum absolute atomic E-state index is 0.0728. The fraction of sp³-hybridized carbons (Fsp3) is 0.841. The first-order valence-corrected chi connectivity index (χ1v) is 21.3. The van der Waals surface area contributed by atoms with E-state index in [2.05, 4.69) is 45.1 Å². The zero-order valence-electron chi connectivity index (χ0n) is 33.2. The zero-order chi connectivity index (χ0) is 36.6. The first-order chi connectivity index (χ1) is 24.5. The molecule has 0 N–H and O–H groups in total. The van der Waals surface area contributed by atoms with E-state index in [0.717, 1.165) is 77.0 Å². The van der Waals surface area contributed by atoms with Gasteiger partial charge in [-0.1, -0.05) is 180 Å². The standard InChI is InChI=1S/C44H80O6/c1-4-7-10-13-16-19-20-21-22-23-26-28-31-34-37-43(46)49-40-41(50-44(47)38-35-32-29-25-18-15-12-9-6-3)39-48-42(45)36-33-30-27-24-17-14-11-8-5-2/h13,16,20-21,41H,4-12,14-15,17-19,22-40H2,1-3H3/b16-13-,21-20-. The fourth-order valence-electron chi connectivity index (χ4n) is 5.93. The third kappa shape index (κ3) is 37.2. The Morgan fingerprint density at radius 2 is 0.740 bits per heavy atom. The number of ether oxygens (including phenoxy) is 3. The molecule has 1 atom stereocenters. The van der Waals surface area contributed by atoms with Gasteiger partial charge in [-0.3, -0.25) is 14.4 Å². The Labute approximate surface area is 309 Å². The van der Waals surface area contributed by atoms with Crippen molar-refractivity contribution in [1.29, 1.82) is 0 Å². The first-order valence-electron chi connectivity index (χ1n) is 21.3. The van der Waals surface area contributed by atoms with Gasteiger partial charge in [-0.05, 0) is 44.9 Å². The van der Waals surface area contributed by atoms with E-state index in [-0.39, 0.29) is 31.1 Å². The highest BCUT2D eigenvalue weighted by Crippen LogP contribution is 2.14. The van der Waals surface area contributed by atoms with Crippen molar-refractivity contribution in [3.8, 4) is 0 Å². The van der Waals surface area contributed by atoms with Crippen LogP contribution in [0.3, 0.4) is 0 Å². The molecule has 0 radical (unpaired) electrons. The van der Waals surface area contributed by atoms with E-state index in [4.69, 9.17) is 14.2 Å². The molecule has 0 aromatic rings. The molecule has 6 heteroatoms. The molecule has 0 aromatic carbocycles. The van der Waals surface area contributed by atoms with Crippen molar-refractivity contribution >= 4 is 17.9 Å². The van der Waals surface area contributed by atoms with Crippen LogP contribution in [-0.2, 0) is 28.6 Å². The van der Waals surface area contributed by atoms with Gasteiger partial charge in [-0.15, -0.1) is 0 Å². The van der Waals surface area contributed by atoms with Gasteiger partial charge in [-0.2, -0.15) is 0 Å². The molecule has 0 amide bonds. The summed E-state index contributed by atoms with van der Waals surface area (Å²) in [6.45, 7) is 6.53. The highest BCUT2D eigenvalue weighted by molar-refractivity contribution is 5.71. The number of hydrogen-bond donors (Lipinski definition) is 0. The van der Waals surface area contributed by atoms with Crippen LogP contribution in [0.4, 0.5) is 0 Å². The minimum atomic E-state index is -0.767. The molecular formula is C44H80O6. The van der Waals surface area contributed by atoms with Gasteiger partial charge < -0.3 is 14.2 Å². The van der Waals surface area contributed by atoms with E-state index >= 15 is 0 Å². The highest BCUT2D eigenvalue weighted by atomic mass is 16.6. The summed E-state index contributed by atoms with van der Waals surface area (Å²) in [4.78, 5) is 37.5. The van der Waals surface area contributed by atoms with Gasteiger partial charge >= 0.3 is 17.9 Å². The molecule has 292 valence electrons. The number of hydrogen-bond acceptors (Lipinski definition) is 6. The molecule has 0 bridgehead atoms. The Morgan fingerprint density at radius 1 is 0.400 bits per heavy atom. The maximum Gasteiger partial charge on any atom is 0.306 e. The number of unbranched alkanes of at least 4 members (excludes halogenated alkanes) is 23. The van der Waals surface area contributed by atoms with Crippen molar-refractivity contribution in [3.05, 3.63) is 24.3 Å². The molecule has 50 heavy (non-hydrogen) atoms. The minimum Gasteiger partial charge on any atom is -0.462 e. The molecule has 0 aliphatic heterocycles. The zero-order valence-corrected chi connectivity index (χ0v) is 33.2. The van der Waals surface area contributed by atoms with Gasteiger partial charge in [0.1, 0.15) is 13.2 Å². The average Bonchev–Trinajstić information content (AvgIpc) is 3.11. The van der Waals surface area contributed by atoms with Gasteiger partial charge in [0.2, 0.25) is 0 Å². The lowest BCUT2D eigenvalue weighted by Crippen LogP contribution is -2.30. The van der Waals surface area contributed by atoms with Crippen LogP contribution in [0.1, 0.15) is 220 Å². The summed E-state index contributed by atoms with van der Waals surface area (Å²) in [5.41, 5.74) is 0. The monoisotopic (exact) mass is 705 g/mol. The highest BCUT2D eigenvalue weighted by Gasteiger charge is 2.19. The van der Waals surface area contributed by atoms with Crippen LogP contribution in [0, 0.1) is 0 Å². The number of rotatable bonds is 38. The number of carbonyl (C=O) groups is 3. The summed E-state index contributed by atoms with van der Waals surface area (Å²) >= 11 is 0. The smallest absolute Gasteiger partial charge is 0.306 e. The summed E-state index contributed by atoms with van der Waals surface area (Å²) in [5, 5.41) is 0. The van der Waals surface area contributed by atoms with E-state index in [1.54, 1.807) is 0 Å². The quantitative estimate of drug-likeness (QED) is 0.0275. The lowest BCUT2D eigenvalue weighted by molar-refractivity contribution is -0.167. The summed E-state index contributed by atoms with van der Waals surface area (Å²) in [5.74, 6) is -0.891. The van der Waals surface area contributed by atoms with E-state index in [1.165, 1.54) is 103 Å². The average molecular weight is 705 g/mol. The molecule has 0 spiro atoms. The predicted molar refractivity (Wildman–Crippen MR) is 210 cm³/mol. The maximum absolute atomic E-state index is 12.6. The Hall–Kier alpha value is -2.11. The van der Waals surface area contributed by atoms with Crippen LogP contribution in [-0.4, -0.2) is 37.2 Å². The van der Waals surface area contributed by atoms with Crippen LogP contribution in [0.5, 0.6) is 0 Å². The topological polar surface area (TPSA) is 78.9 Å². The van der Waals surface area contributed by atoms with Gasteiger partial charge in [0.15, 0.2) is 6.10 Å². The fourth-order valence-corrected chi connectivity index (χ4v) is 5.93. The molecule has 0 saturated heterocycles. The summed E-state index contributed by atoms with van der Waals surface area (Å²) < 4.78 is 16.6. The third-order valence-electron chi connectivity index (χ3n) is 9.21.